The van der Waals surface area contributed by atoms with Crippen molar-refractivity contribution >= 4 is 29.9 Å². The molecule has 0 saturated heterocycles. The summed E-state index contributed by atoms with van der Waals surface area (Å²) in [4.78, 5) is 4.06. The predicted molar refractivity (Wildman–Crippen MR) is 111 cm³/mol. The highest BCUT2D eigenvalue weighted by Gasteiger charge is 2.30. The first-order chi connectivity index (χ1) is 12.8. The molecule has 6 nitrogen and oxygen atoms in total. The summed E-state index contributed by atoms with van der Waals surface area (Å²) in [5, 5.41) is 10.1. The molecule has 0 saturated carbocycles. The molecule has 0 atom stereocenters. The Balaban J connectivity index is 0.00000392. The summed E-state index contributed by atoms with van der Waals surface area (Å²) in [5.74, 6) is 1.65. The number of rotatable bonds is 7. The van der Waals surface area contributed by atoms with Crippen molar-refractivity contribution in [3.05, 3.63) is 47.3 Å². The summed E-state index contributed by atoms with van der Waals surface area (Å²) in [5.41, 5.74) is 0.141. The van der Waals surface area contributed by atoms with Gasteiger partial charge in [0, 0.05) is 13.1 Å². The number of hydrogen-bond acceptors (Lipinski definition) is 4. The van der Waals surface area contributed by atoms with Crippen LogP contribution >= 0.6 is 24.0 Å². The summed E-state index contributed by atoms with van der Waals surface area (Å²) < 4.78 is 48.6. The van der Waals surface area contributed by atoms with Gasteiger partial charge in [-0.2, -0.15) is 13.2 Å². The molecule has 0 unspecified atom stereocenters. The van der Waals surface area contributed by atoms with Crippen molar-refractivity contribution in [1.82, 2.24) is 15.8 Å². The van der Waals surface area contributed by atoms with Crippen LogP contribution in [0.3, 0.4) is 0 Å². The van der Waals surface area contributed by atoms with Gasteiger partial charge in [-0.15, -0.1) is 24.0 Å². The quantitative estimate of drug-likeness (QED) is 0.252. The van der Waals surface area contributed by atoms with Crippen molar-refractivity contribution in [2.75, 3.05) is 20.2 Å². The zero-order valence-corrected chi connectivity index (χ0v) is 18.2. The van der Waals surface area contributed by atoms with Crippen LogP contribution in [-0.4, -0.2) is 31.3 Å². The lowest BCUT2D eigenvalue weighted by Gasteiger charge is -2.12. The lowest BCUT2D eigenvalue weighted by molar-refractivity contribution is -0.137. The second kappa shape index (κ2) is 11.1. The number of guanidine groups is 1. The molecule has 2 N–H and O–H groups in total. The molecule has 0 bridgehead atoms. The lowest BCUT2D eigenvalue weighted by atomic mass is 10.1. The molecule has 2 rings (SSSR count). The monoisotopic (exact) mass is 512 g/mol. The van der Waals surface area contributed by atoms with Gasteiger partial charge in [-0.25, -0.2) is 0 Å². The SMILES string of the molecule is CN=C(NCCOc1cccc(C(F)(F)F)c1)NCc1cc(C(C)C)no1.I. The van der Waals surface area contributed by atoms with E-state index in [4.69, 9.17) is 9.26 Å². The van der Waals surface area contributed by atoms with Crippen molar-refractivity contribution in [2.45, 2.75) is 32.5 Å². The molecule has 0 amide bonds. The smallest absolute Gasteiger partial charge is 0.416 e. The molecule has 156 valence electrons. The fraction of sp³-hybridized carbons (Fsp3) is 0.444. The molecule has 0 radical (unpaired) electrons. The standard InChI is InChI=1S/C18H23F3N4O2.HI/c1-12(2)16-10-15(27-25-16)11-24-17(22-3)23-7-8-26-14-6-4-5-13(9-14)18(19,20)21;/h4-6,9-10,12H,7-8,11H2,1-3H3,(H2,22,23,24);1H. The summed E-state index contributed by atoms with van der Waals surface area (Å²) in [6, 6.07) is 6.66. The van der Waals surface area contributed by atoms with E-state index in [1.165, 1.54) is 12.1 Å². The molecule has 0 aliphatic carbocycles. The minimum absolute atomic E-state index is 0. The predicted octanol–water partition coefficient (Wildman–Crippen LogP) is 4.18. The molecular formula is C18H24F3IN4O2. The van der Waals surface area contributed by atoms with Crippen LogP contribution in [0.25, 0.3) is 0 Å². The fourth-order valence-corrected chi connectivity index (χ4v) is 2.18. The number of halogens is 4. The normalized spacial score (nSPS) is 11.9. The van der Waals surface area contributed by atoms with Gasteiger partial charge in [0.2, 0.25) is 0 Å². The van der Waals surface area contributed by atoms with Crippen LogP contribution in [0, 0.1) is 0 Å². The van der Waals surface area contributed by atoms with Crippen LogP contribution in [-0.2, 0) is 12.7 Å². The topological polar surface area (TPSA) is 71.7 Å². The van der Waals surface area contributed by atoms with Gasteiger partial charge < -0.3 is 19.9 Å². The van der Waals surface area contributed by atoms with Gasteiger partial charge in [-0.1, -0.05) is 25.1 Å². The van der Waals surface area contributed by atoms with E-state index >= 15 is 0 Å². The molecule has 1 aromatic carbocycles. The summed E-state index contributed by atoms with van der Waals surface area (Å²) >= 11 is 0. The minimum Gasteiger partial charge on any atom is -0.492 e. The van der Waals surface area contributed by atoms with E-state index in [9.17, 15) is 13.2 Å². The zero-order valence-electron chi connectivity index (χ0n) is 15.8. The van der Waals surface area contributed by atoms with Gasteiger partial charge in [0.05, 0.1) is 24.3 Å². The Morgan fingerprint density at radius 2 is 2.00 bits per heavy atom. The van der Waals surface area contributed by atoms with Crippen molar-refractivity contribution in [1.29, 1.82) is 0 Å². The van der Waals surface area contributed by atoms with E-state index in [-0.39, 0.29) is 42.3 Å². The Labute approximate surface area is 178 Å². The van der Waals surface area contributed by atoms with Crippen molar-refractivity contribution in [3.8, 4) is 5.75 Å². The van der Waals surface area contributed by atoms with Crippen molar-refractivity contribution in [3.63, 3.8) is 0 Å². The van der Waals surface area contributed by atoms with Crippen molar-refractivity contribution < 1.29 is 22.4 Å². The van der Waals surface area contributed by atoms with Crippen LogP contribution < -0.4 is 15.4 Å². The van der Waals surface area contributed by atoms with Crippen LogP contribution in [0.5, 0.6) is 5.75 Å². The van der Waals surface area contributed by atoms with E-state index in [0.29, 0.717) is 24.8 Å². The molecule has 2 aromatic rings. The molecule has 0 aliphatic heterocycles. The first-order valence-corrected chi connectivity index (χ1v) is 8.49. The average Bonchev–Trinajstić information content (AvgIpc) is 3.10. The molecular weight excluding hydrogens is 488 g/mol. The van der Waals surface area contributed by atoms with E-state index in [1.807, 2.05) is 19.9 Å². The highest BCUT2D eigenvalue weighted by atomic mass is 127. The number of alkyl halides is 3. The Morgan fingerprint density at radius 3 is 2.61 bits per heavy atom. The molecule has 0 aliphatic rings. The van der Waals surface area contributed by atoms with Gasteiger partial charge in [-0.05, 0) is 24.1 Å². The number of aliphatic imine (C=N–C) groups is 1. The second-order valence-electron chi connectivity index (χ2n) is 6.10. The lowest BCUT2D eigenvalue weighted by Crippen LogP contribution is -2.38. The van der Waals surface area contributed by atoms with Crippen LogP contribution in [0.15, 0.2) is 39.8 Å². The highest BCUT2D eigenvalue weighted by Crippen LogP contribution is 2.31. The average molecular weight is 512 g/mol. The number of benzene rings is 1. The third kappa shape index (κ3) is 7.56. The molecule has 0 spiro atoms. The van der Waals surface area contributed by atoms with Gasteiger partial charge in [0.25, 0.3) is 0 Å². The summed E-state index contributed by atoms with van der Waals surface area (Å²) in [7, 11) is 1.61. The Morgan fingerprint density at radius 1 is 1.25 bits per heavy atom. The van der Waals surface area contributed by atoms with E-state index in [1.54, 1.807) is 7.05 Å². The Kier molecular flexibility index (Phi) is 9.56. The first kappa shape index (κ1) is 24.1. The largest absolute Gasteiger partial charge is 0.492 e. The van der Waals surface area contributed by atoms with Crippen molar-refractivity contribution in [2.24, 2.45) is 4.99 Å². The zero-order chi connectivity index (χ0) is 19.9. The van der Waals surface area contributed by atoms with Gasteiger partial charge in [-0.3, -0.25) is 4.99 Å². The van der Waals surface area contributed by atoms with Gasteiger partial charge in [0.15, 0.2) is 11.7 Å². The summed E-state index contributed by atoms with van der Waals surface area (Å²) in [6.45, 7) is 5.01. The Hall–Kier alpha value is -1.98. The number of hydrogen-bond donors (Lipinski definition) is 2. The van der Waals surface area contributed by atoms with Crippen LogP contribution in [0.2, 0.25) is 0 Å². The van der Waals surface area contributed by atoms with Crippen LogP contribution in [0.4, 0.5) is 13.2 Å². The molecule has 28 heavy (non-hydrogen) atoms. The maximum Gasteiger partial charge on any atom is 0.416 e. The summed E-state index contributed by atoms with van der Waals surface area (Å²) in [6.07, 6.45) is -4.39. The fourth-order valence-electron chi connectivity index (χ4n) is 2.18. The molecule has 0 fully saturated rings. The molecule has 1 aromatic heterocycles. The number of aromatic nitrogens is 1. The van der Waals surface area contributed by atoms with E-state index < -0.39 is 11.7 Å². The number of ether oxygens (including phenoxy) is 1. The molecule has 1 heterocycles. The third-order valence-corrected chi connectivity index (χ3v) is 3.65. The molecule has 10 heteroatoms. The van der Waals surface area contributed by atoms with Gasteiger partial charge >= 0.3 is 6.18 Å². The maximum absolute atomic E-state index is 12.7. The number of nitrogens with zero attached hydrogens (tertiary/aromatic N) is 2. The maximum atomic E-state index is 12.7. The van der Waals surface area contributed by atoms with Crippen LogP contribution in [0.1, 0.15) is 36.8 Å². The van der Waals surface area contributed by atoms with E-state index in [2.05, 4.69) is 20.8 Å². The first-order valence-electron chi connectivity index (χ1n) is 8.49. The van der Waals surface area contributed by atoms with E-state index in [0.717, 1.165) is 17.8 Å². The highest BCUT2D eigenvalue weighted by molar-refractivity contribution is 14.0. The third-order valence-electron chi connectivity index (χ3n) is 3.65. The van der Waals surface area contributed by atoms with Gasteiger partial charge in [0.1, 0.15) is 12.4 Å². The Bertz CT molecular complexity index is 763. The minimum atomic E-state index is -4.39. The number of nitrogens with one attached hydrogen (secondary N) is 2. The second-order valence-corrected chi connectivity index (χ2v) is 6.10.